The summed E-state index contributed by atoms with van der Waals surface area (Å²) in [6.45, 7) is 2.95. The standard InChI is InChI=1S/C10H13N3S2/c1-2-3-9-5-12-10(15-9)11-4-8-6-14-7-13-8/h5-7H,2-4H2,1H3,(H,11,12). The maximum absolute atomic E-state index is 4.32. The predicted molar refractivity (Wildman–Crippen MR) is 65.5 cm³/mol. The van der Waals surface area contributed by atoms with E-state index in [0.29, 0.717) is 0 Å². The average molecular weight is 239 g/mol. The molecule has 0 aliphatic rings. The summed E-state index contributed by atoms with van der Waals surface area (Å²) in [6.07, 6.45) is 4.25. The summed E-state index contributed by atoms with van der Waals surface area (Å²) >= 11 is 3.35. The zero-order valence-corrected chi connectivity index (χ0v) is 10.2. The Morgan fingerprint density at radius 1 is 1.40 bits per heavy atom. The summed E-state index contributed by atoms with van der Waals surface area (Å²) < 4.78 is 0. The molecule has 0 spiro atoms. The summed E-state index contributed by atoms with van der Waals surface area (Å²) in [5.41, 5.74) is 2.92. The van der Waals surface area contributed by atoms with Crippen molar-refractivity contribution in [1.29, 1.82) is 0 Å². The smallest absolute Gasteiger partial charge is 0.183 e. The summed E-state index contributed by atoms with van der Waals surface area (Å²) in [7, 11) is 0. The zero-order chi connectivity index (χ0) is 10.5. The normalized spacial score (nSPS) is 10.5. The third-order valence-electron chi connectivity index (χ3n) is 1.95. The van der Waals surface area contributed by atoms with Gasteiger partial charge in [-0.15, -0.1) is 22.7 Å². The van der Waals surface area contributed by atoms with Crippen LogP contribution in [0.3, 0.4) is 0 Å². The molecule has 0 radical (unpaired) electrons. The summed E-state index contributed by atoms with van der Waals surface area (Å²) in [5, 5.41) is 6.32. The van der Waals surface area contributed by atoms with Crippen LogP contribution in [0.1, 0.15) is 23.9 Å². The van der Waals surface area contributed by atoms with Crippen molar-refractivity contribution >= 4 is 27.8 Å². The van der Waals surface area contributed by atoms with Crippen LogP contribution in [-0.4, -0.2) is 9.97 Å². The van der Waals surface area contributed by atoms with Crippen molar-refractivity contribution in [2.45, 2.75) is 26.3 Å². The van der Waals surface area contributed by atoms with Gasteiger partial charge in [0.15, 0.2) is 5.13 Å². The maximum Gasteiger partial charge on any atom is 0.183 e. The molecule has 80 valence electrons. The van der Waals surface area contributed by atoms with Gasteiger partial charge in [0.25, 0.3) is 0 Å². The lowest BCUT2D eigenvalue weighted by Crippen LogP contribution is -1.98. The minimum Gasteiger partial charge on any atom is -0.356 e. The molecular formula is C10H13N3S2. The number of rotatable bonds is 5. The third kappa shape index (κ3) is 3.00. The summed E-state index contributed by atoms with van der Waals surface area (Å²) in [5.74, 6) is 0. The van der Waals surface area contributed by atoms with Gasteiger partial charge in [0.1, 0.15) is 0 Å². The van der Waals surface area contributed by atoms with Crippen LogP contribution in [0.2, 0.25) is 0 Å². The van der Waals surface area contributed by atoms with E-state index in [9.17, 15) is 0 Å². The zero-order valence-electron chi connectivity index (χ0n) is 8.56. The second-order valence-corrected chi connectivity index (χ2v) is 5.05. The lowest BCUT2D eigenvalue weighted by molar-refractivity contribution is 0.936. The minimum atomic E-state index is 0.766. The highest BCUT2D eigenvalue weighted by Gasteiger charge is 2.01. The van der Waals surface area contributed by atoms with Gasteiger partial charge in [-0.3, -0.25) is 0 Å². The van der Waals surface area contributed by atoms with Crippen LogP contribution in [0, 0.1) is 0 Å². The van der Waals surface area contributed by atoms with E-state index >= 15 is 0 Å². The fourth-order valence-corrected chi connectivity index (χ4v) is 2.71. The van der Waals surface area contributed by atoms with E-state index in [2.05, 4.69) is 22.2 Å². The molecule has 0 aromatic carbocycles. The molecule has 2 aromatic rings. The highest BCUT2D eigenvalue weighted by Crippen LogP contribution is 2.19. The van der Waals surface area contributed by atoms with Gasteiger partial charge in [-0.2, -0.15) is 0 Å². The first-order chi connectivity index (χ1) is 7.38. The Hall–Kier alpha value is -0.940. The fraction of sp³-hybridized carbons (Fsp3) is 0.400. The summed E-state index contributed by atoms with van der Waals surface area (Å²) in [6, 6.07) is 0. The van der Waals surface area contributed by atoms with Crippen LogP contribution in [0.5, 0.6) is 0 Å². The molecule has 0 saturated carbocycles. The number of thiazole rings is 2. The van der Waals surface area contributed by atoms with E-state index in [0.717, 1.165) is 23.8 Å². The van der Waals surface area contributed by atoms with Crippen molar-refractivity contribution in [3.63, 3.8) is 0 Å². The topological polar surface area (TPSA) is 37.8 Å². The van der Waals surface area contributed by atoms with Crippen molar-refractivity contribution < 1.29 is 0 Å². The Labute approximate surface area is 97.2 Å². The molecule has 0 fully saturated rings. The van der Waals surface area contributed by atoms with Gasteiger partial charge < -0.3 is 5.32 Å². The largest absolute Gasteiger partial charge is 0.356 e. The van der Waals surface area contributed by atoms with Gasteiger partial charge in [-0.05, 0) is 6.42 Å². The molecule has 0 saturated heterocycles. The number of aryl methyl sites for hydroxylation is 1. The van der Waals surface area contributed by atoms with Crippen molar-refractivity contribution in [3.8, 4) is 0 Å². The molecule has 1 N–H and O–H groups in total. The highest BCUT2D eigenvalue weighted by atomic mass is 32.1. The predicted octanol–water partition coefficient (Wildman–Crippen LogP) is 3.16. The van der Waals surface area contributed by atoms with E-state index in [1.807, 2.05) is 17.1 Å². The molecule has 5 heteroatoms. The molecule has 0 aliphatic heterocycles. The lowest BCUT2D eigenvalue weighted by Gasteiger charge is -1.97. The first-order valence-electron chi connectivity index (χ1n) is 4.94. The van der Waals surface area contributed by atoms with Crippen molar-refractivity contribution in [2.24, 2.45) is 0 Å². The molecule has 0 amide bonds. The molecule has 0 atom stereocenters. The van der Waals surface area contributed by atoms with Gasteiger partial charge in [-0.25, -0.2) is 9.97 Å². The Kier molecular flexibility index (Phi) is 3.69. The number of hydrogen-bond donors (Lipinski definition) is 1. The first-order valence-corrected chi connectivity index (χ1v) is 6.70. The van der Waals surface area contributed by atoms with Crippen LogP contribution in [-0.2, 0) is 13.0 Å². The molecule has 2 rings (SSSR count). The van der Waals surface area contributed by atoms with Gasteiger partial charge >= 0.3 is 0 Å². The van der Waals surface area contributed by atoms with Gasteiger partial charge in [-0.1, -0.05) is 13.3 Å². The molecule has 0 aliphatic carbocycles. The number of nitrogens with one attached hydrogen (secondary N) is 1. The second-order valence-electron chi connectivity index (χ2n) is 3.22. The maximum atomic E-state index is 4.32. The SMILES string of the molecule is CCCc1cnc(NCc2cscn2)s1. The van der Waals surface area contributed by atoms with Gasteiger partial charge in [0.2, 0.25) is 0 Å². The molecule has 2 heterocycles. The van der Waals surface area contributed by atoms with Crippen molar-refractivity contribution in [3.05, 3.63) is 27.7 Å². The Balaban J connectivity index is 1.88. The van der Waals surface area contributed by atoms with Gasteiger partial charge in [0, 0.05) is 16.5 Å². The van der Waals surface area contributed by atoms with Crippen molar-refractivity contribution in [2.75, 3.05) is 5.32 Å². The number of anilines is 1. The second kappa shape index (κ2) is 5.23. The van der Waals surface area contributed by atoms with E-state index in [4.69, 9.17) is 0 Å². The monoisotopic (exact) mass is 239 g/mol. The number of nitrogens with zero attached hydrogens (tertiary/aromatic N) is 2. The minimum absolute atomic E-state index is 0.766. The molecular weight excluding hydrogens is 226 g/mol. The highest BCUT2D eigenvalue weighted by molar-refractivity contribution is 7.15. The Morgan fingerprint density at radius 2 is 2.33 bits per heavy atom. The van der Waals surface area contributed by atoms with Crippen molar-refractivity contribution in [1.82, 2.24) is 9.97 Å². The van der Waals surface area contributed by atoms with E-state index in [-0.39, 0.29) is 0 Å². The van der Waals surface area contributed by atoms with Gasteiger partial charge in [0.05, 0.1) is 17.7 Å². The van der Waals surface area contributed by atoms with Crippen LogP contribution in [0.25, 0.3) is 0 Å². The average Bonchev–Trinajstić information content (AvgIpc) is 2.85. The fourth-order valence-electron chi connectivity index (χ4n) is 1.24. The van der Waals surface area contributed by atoms with Crippen LogP contribution in [0.4, 0.5) is 5.13 Å². The number of aromatic nitrogens is 2. The summed E-state index contributed by atoms with van der Waals surface area (Å²) in [4.78, 5) is 9.87. The quantitative estimate of drug-likeness (QED) is 0.871. The molecule has 0 bridgehead atoms. The van der Waals surface area contributed by atoms with Crippen LogP contribution in [0.15, 0.2) is 17.1 Å². The molecule has 2 aromatic heterocycles. The Morgan fingerprint density at radius 3 is 3.07 bits per heavy atom. The number of hydrogen-bond acceptors (Lipinski definition) is 5. The van der Waals surface area contributed by atoms with E-state index < -0.39 is 0 Å². The van der Waals surface area contributed by atoms with E-state index in [1.165, 1.54) is 11.3 Å². The third-order valence-corrected chi connectivity index (χ3v) is 3.60. The van der Waals surface area contributed by atoms with Crippen LogP contribution >= 0.6 is 22.7 Å². The van der Waals surface area contributed by atoms with E-state index in [1.54, 1.807) is 22.7 Å². The Bertz CT molecular complexity index is 394. The molecule has 15 heavy (non-hydrogen) atoms. The molecule has 3 nitrogen and oxygen atoms in total. The van der Waals surface area contributed by atoms with Crippen LogP contribution < -0.4 is 5.32 Å². The lowest BCUT2D eigenvalue weighted by atomic mass is 10.3. The molecule has 0 unspecified atom stereocenters. The first kappa shape index (κ1) is 10.6.